The van der Waals surface area contributed by atoms with Gasteiger partial charge >= 0.3 is 5.97 Å². The third kappa shape index (κ3) is 3.87. The smallest absolute Gasteiger partial charge is 0.309 e. The molecule has 5 heteroatoms. The van der Waals surface area contributed by atoms with E-state index in [1.807, 2.05) is 19.1 Å². The fourth-order valence-corrected chi connectivity index (χ4v) is 2.43. The third-order valence-electron chi connectivity index (χ3n) is 3.97. The van der Waals surface area contributed by atoms with Crippen molar-refractivity contribution in [1.29, 1.82) is 0 Å². The van der Waals surface area contributed by atoms with Gasteiger partial charge < -0.3 is 9.84 Å². The van der Waals surface area contributed by atoms with Gasteiger partial charge in [-0.2, -0.15) is 0 Å². The van der Waals surface area contributed by atoms with E-state index in [0.29, 0.717) is 24.5 Å². The van der Waals surface area contributed by atoms with Crippen molar-refractivity contribution in [1.82, 2.24) is 4.90 Å². The van der Waals surface area contributed by atoms with Crippen molar-refractivity contribution in [3.8, 4) is 5.75 Å². The zero-order chi connectivity index (χ0) is 14.6. The SMILES string of the molecule is CC1(C(=O)O)CCN(CCOc2ccc(Cl)cc2)CC1. The van der Waals surface area contributed by atoms with E-state index in [1.165, 1.54) is 0 Å². The second kappa shape index (κ2) is 6.46. The molecule has 1 aliphatic rings. The first-order valence-corrected chi connectivity index (χ1v) is 7.21. The summed E-state index contributed by atoms with van der Waals surface area (Å²) in [5.74, 6) is 0.122. The number of carbonyl (C=O) groups is 1. The van der Waals surface area contributed by atoms with Gasteiger partial charge in [-0.3, -0.25) is 9.69 Å². The molecular weight excluding hydrogens is 278 g/mol. The number of piperidine rings is 1. The summed E-state index contributed by atoms with van der Waals surface area (Å²) in [4.78, 5) is 13.4. The molecule has 0 radical (unpaired) electrons. The van der Waals surface area contributed by atoms with Crippen LogP contribution in [0.25, 0.3) is 0 Å². The third-order valence-corrected chi connectivity index (χ3v) is 4.22. The van der Waals surface area contributed by atoms with Gasteiger partial charge in [-0.1, -0.05) is 11.6 Å². The van der Waals surface area contributed by atoms with Gasteiger partial charge in [0, 0.05) is 11.6 Å². The molecule has 2 rings (SSSR count). The van der Waals surface area contributed by atoms with Crippen molar-refractivity contribution in [3.05, 3.63) is 29.3 Å². The summed E-state index contributed by atoms with van der Waals surface area (Å²) in [5.41, 5.74) is -0.562. The Morgan fingerprint density at radius 3 is 2.50 bits per heavy atom. The number of likely N-dealkylation sites (tertiary alicyclic amines) is 1. The molecule has 20 heavy (non-hydrogen) atoms. The quantitative estimate of drug-likeness (QED) is 0.908. The molecule has 1 fully saturated rings. The predicted octanol–water partition coefficient (Wildman–Crippen LogP) is 2.91. The maximum atomic E-state index is 11.2. The number of ether oxygens (including phenoxy) is 1. The van der Waals surface area contributed by atoms with E-state index in [1.54, 1.807) is 12.1 Å². The van der Waals surface area contributed by atoms with Crippen molar-refractivity contribution in [2.45, 2.75) is 19.8 Å². The Morgan fingerprint density at radius 2 is 1.95 bits per heavy atom. The molecule has 0 unspecified atom stereocenters. The average molecular weight is 298 g/mol. The largest absolute Gasteiger partial charge is 0.492 e. The molecule has 0 amide bonds. The van der Waals surface area contributed by atoms with E-state index in [2.05, 4.69) is 4.90 Å². The number of benzene rings is 1. The summed E-state index contributed by atoms with van der Waals surface area (Å²) in [7, 11) is 0. The van der Waals surface area contributed by atoms with Gasteiger partial charge in [-0.05, 0) is 57.1 Å². The molecule has 0 atom stereocenters. The predicted molar refractivity (Wildman–Crippen MR) is 78.4 cm³/mol. The fraction of sp³-hybridized carbons (Fsp3) is 0.533. The van der Waals surface area contributed by atoms with E-state index in [4.69, 9.17) is 16.3 Å². The highest BCUT2D eigenvalue weighted by Gasteiger charge is 2.36. The maximum absolute atomic E-state index is 11.2. The van der Waals surface area contributed by atoms with Gasteiger partial charge in [0.05, 0.1) is 5.41 Å². The lowest BCUT2D eigenvalue weighted by atomic mass is 9.80. The van der Waals surface area contributed by atoms with Gasteiger partial charge in [0.1, 0.15) is 12.4 Å². The van der Waals surface area contributed by atoms with Crippen LogP contribution in [0, 0.1) is 5.41 Å². The molecule has 1 heterocycles. The van der Waals surface area contributed by atoms with Crippen LogP contribution in [-0.4, -0.2) is 42.2 Å². The average Bonchev–Trinajstić information content (AvgIpc) is 2.43. The number of halogens is 1. The van der Waals surface area contributed by atoms with E-state index >= 15 is 0 Å². The summed E-state index contributed by atoms with van der Waals surface area (Å²) in [6.07, 6.45) is 1.40. The number of carboxylic acid groups (broad SMARTS) is 1. The minimum atomic E-state index is -0.686. The van der Waals surface area contributed by atoms with Crippen LogP contribution in [0.5, 0.6) is 5.75 Å². The van der Waals surface area contributed by atoms with Crippen LogP contribution in [-0.2, 0) is 4.79 Å². The summed E-state index contributed by atoms with van der Waals surface area (Å²) >= 11 is 5.81. The molecule has 0 spiro atoms. The number of hydrogen-bond donors (Lipinski definition) is 1. The van der Waals surface area contributed by atoms with E-state index in [-0.39, 0.29) is 0 Å². The lowest BCUT2D eigenvalue weighted by molar-refractivity contribution is -0.150. The topological polar surface area (TPSA) is 49.8 Å². The standard InChI is InChI=1S/C15H20ClNO3/c1-15(14(18)19)6-8-17(9-7-15)10-11-20-13-4-2-12(16)3-5-13/h2-5H,6-11H2,1H3,(H,18,19). The van der Waals surface area contributed by atoms with Crippen molar-refractivity contribution in [2.24, 2.45) is 5.41 Å². The first kappa shape index (κ1) is 15.1. The number of carboxylic acids is 1. The van der Waals surface area contributed by atoms with E-state index in [0.717, 1.165) is 25.4 Å². The van der Waals surface area contributed by atoms with Gasteiger partial charge in [-0.15, -0.1) is 0 Å². The van der Waals surface area contributed by atoms with Crippen LogP contribution in [0.2, 0.25) is 5.02 Å². The summed E-state index contributed by atoms with van der Waals surface area (Å²) in [6.45, 7) is 4.88. The zero-order valence-corrected chi connectivity index (χ0v) is 12.4. The molecule has 1 aromatic carbocycles. The monoisotopic (exact) mass is 297 g/mol. The Hall–Kier alpha value is -1.26. The van der Waals surface area contributed by atoms with E-state index in [9.17, 15) is 9.90 Å². The van der Waals surface area contributed by atoms with Crippen molar-refractivity contribution in [3.63, 3.8) is 0 Å². The van der Waals surface area contributed by atoms with Crippen LogP contribution in [0.15, 0.2) is 24.3 Å². The second-order valence-corrected chi connectivity index (χ2v) is 5.95. The highest BCUT2D eigenvalue weighted by Crippen LogP contribution is 2.30. The lowest BCUT2D eigenvalue weighted by Crippen LogP contribution is -2.43. The zero-order valence-electron chi connectivity index (χ0n) is 11.6. The summed E-state index contributed by atoms with van der Waals surface area (Å²) < 4.78 is 5.65. The van der Waals surface area contributed by atoms with Crippen LogP contribution >= 0.6 is 11.6 Å². The number of nitrogens with zero attached hydrogens (tertiary/aromatic N) is 1. The Balaban J connectivity index is 1.71. The molecule has 110 valence electrons. The van der Waals surface area contributed by atoms with Gasteiger partial charge in [0.25, 0.3) is 0 Å². The molecule has 0 saturated carbocycles. The minimum absolute atomic E-state index is 0.562. The maximum Gasteiger partial charge on any atom is 0.309 e. The molecule has 1 N–H and O–H groups in total. The molecule has 0 aliphatic carbocycles. The van der Waals surface area contributed by atoms with Gasteiger partial charge in [0.15, 0.2) is 0 Å². The normalized spacial score (nSPS) is 18.7. The Bertz CT molecular complexity index is 453. The summed E-state index contributed by atoms with van der Waals surface area (Å²) in [6, 6.07) is 7.30. The van der Waals surface area contributed by atoms with Crippen LogP contribution < -0.4 is 4.74 Å². The Kier molecular flexibility index (Phi) is 4.89. The molecule has 0 bridgehead atoms. The fourth-order valence-electron chi connectivity index (χ4n) is 2.31. The number of hydrogen-bond acceptors (Lipinski definition) is 3. The van der Waals surface area contributed by atoms with Crippen LogP contribution in [0.3, 0.4) is 0 Å². The second-order valence-electron chi connectivity index (χ2n) is 5.51. The van der Waals surface area contributed by atoms with Gasteiger partial charge in [0.2, 0.25) is 0 Å². The highest BCUT2D eigenvalue weighted by molar-refractivity contribution is 6.30. The first-order valence-electron chi connectivity index (χ1n) is 6.84. The lowest BCUT2D eigenvalue weighted by Gasteiger charge is -2.36. The molecule has 4 nitrogen and oxygen atoms in total. The highest BCUT2D eigenvalue weighted by atomic mass is 35.5. The Labute approximate surface area is 124 Å². The van der Waals surface area contributed by atoms with Crippen molar-refractivity contribution >= 4 is 17.6 Å². The molecule has 1 aliphatic heterocycles. The van der Waals surface area contributed by atoms with Crippen molar-refractivity contribution < 1.29 is 14.6 Å². The first-order chi connectivity index (χ1) is 9.49. The molecule has 1 saturated heterocycles. The van der Waals surface area contributed by atoms with Crippen LogP contribution in [0.4, 0.5) is 0 Å². The molecular formula is C15H20ClNO3. The van der Waals surface area contributed by atoms with Crippen LogP contribution in [0.1, 0.15) is 19.8 Å². The number of rotatable bonds is 5. The minimum Gasteiger partial charge on any atom is -0.492 e. The van der Waals surface area contributed by atoms with E-state index < -0.39 is 11.4 Å². The van der Waals surface area contributed by atoms with Crippen molar-refractivity contribution in [2.75, 3.05) is 26.2 Å². The Morgan fingerprint density at radius 1 is 1.35 bits per heavy atom. The number of aliphatic carboxylic acids is 1. The molecule has 1 aromatic rings. The summed E-state index contributed by atoms with van der Waals surface area (Å²) in [5, 5.41) is 9.87. The van der Waals surface area contributed by atoms with Gasteiger partial charge in [-0.25, -0.2) is 0 Å². The molecule has 0 aromatic heterocycles.